The maximum absolute atomic E-state index is 12.6. The number of carbonyl (C=O) groups is 1. The first kappa shape index (κ1) is 15.5. The van der Waals surface area contributed by atoms with Crippen molar-refractivity contribution in [3.8, 4) is 0 Å². The van der Waals surface area contributed by atoms with E-state index in [2.05, 4.69) is 17.4 Å². The zero-order chi connectivity index (χ0) is 15.4. The highest BCUT2D eigenvalue weighted by molar-refractivity contribution is 5.73. The predicted molar refractivity (Wildman–Crippen MR) is 84.3 cm³/mol. The van der Waals surface area contributed by atoms with E-state index in [1.165, 1.54) is 0 Å². The van der Waals surface area contributed by atoms with Gasteiger partial charge < -0.3 is 15.2 Å². The van der Waals surface area contributed by atoms with Gasteiger partial charge in [0.05, 0.1) is 12.0 Å². The first-order valence-electron chi connectivity index (χ1n) is 8.37. The van der Waals surface area contributed by atoms with Gasteiger partial charge in [-0.2, -0.15) is 0 Å². The zero-order valence-corrected chi connectivity index (χ0v) is 13.0. The van der Waals surface area contributed by atoms with Crippen molar-refractivity contribution < 1.29 is 14.6 Å². The SMILES string of the molecule is O=C(OC1(c2ccccc2)CCNCC1)C1CCC(O)CC1. The number of hydrogen-bond donors (Lipinski definition) is 2. The summed E-state index contributed by atoms with van der Waals surface area (Å²) in [6.45, 7) is 1.73. The minimum absolute atomic E-state index is 0.0566. The van der Waals surface area contributed by atoms with Crippen LogP contribution in [0.1, 0.15) is 44.1 Å². The first-order valence-corrected chi connectivity index (χ1v) is 8.37. The molecule has 1 aromatic rings. The van der Waals surface area contributed by atoms with E-state index in [9.17, 15) is 9.90 Å². The van der Waals surface area contributed by atoms with Crippen LogP contribution < -0.4 is 5.32 Å². The van der Waals surface area contributed by atoms with Crippen LogP contribution in [0, 0.1) is 5.92 Å². The van der Waals surface area contributed by atoms with E-state index in [0.717, 1.165) is 44.3 Å². The fourth-order valence-electron chi connectivity index (χ4n) is 3.61. The second-order valence-corrected chi connectivity index (χ2v) is 6.54. The van der Waals surface area contributed by atoms with Crippen LogP contribution in [0.25, 0.3) is 0 Å². The molecule has 1 aliphatic heterocycles. The Hall–Kier alpha value is -1.39. The summed E-state index contributed by atoms with van der Waals surface area (Å²) in [6, 6.07) is 10.1. The van der Waals surface area contributed by atoms with E-state index < -0.39 is 5.60 Å². The lowest BCUT2D eigenvalue weighted by molar-refractivity contribution is -0.171. The van der Waals surface area contributed by atoms with Crippen LogP contribution in [-0.4, -0.2) is 30.3 Å². The monoisotopic (exact) mass is 303 g/mol. The van der Waals surface area contributed by atoms with E-state index >= 15 is 0 Å². The molecule has 1 saturated carbocycles. The maximum atomic E-state index is 12.6. The van der Waals surface area contributed by atoms with Gasteiger partial charge in [0.1, 0.15) is 5.60 Å². The highest BCUT2D eigenvalue weighted by Crippen LogP contribution is 2.37. The van der Waals surface area contributed by atoms with Crippen molar-refractivity contribution in [3.63, 3.8) is 0 Å². The molecule has 3 rings (SSSR count). The molecule has 1 saturated heterocycles. The van der Waals surface area contributed by atoms with Crippen molar-refractivity contribution in [2.75, 3.05) is 13.1 Å². The van der Waals surface area contributed by atoms with Crippen LogP contribution >= 0.6 is 0 Å². The molecule has 0 atom stereocenters. The number of piperidine rings is 1. The normalized spacial score (nSPS) is 28.0. The molecule has 1 heterocycles. The van der Waals surface area contributed by atoms with Crippen molar-refractivity contribution in [2.45, 2.75) is 50.2 Å². The molecule has 22 heavy (non-hydrogen) atoms. The van der Waals surface area contributed by atoms with Gasteiger partial charge in [0.25, 0.3) is 0 Å². The maximum Gasteiger partial charge on any atom is 0.309 e. The fraction of sp³-hybridized carbons (Fsp3) is 0.611. The summed E-state index contributed by atoms with van der Waals surface area (Å²) in [6.07, 6.45) is 4.29. The number of ether oxygens (including phenoxy) is 1. The van der Waals surface area contributed by atoms with Gasteiger partial charge >= 0.3 is 5.97 Å². The molecule has 4 nitrogen and oxygen atoms in total. The summed E-state index contributed by atoms with van der Waals surface area (Å²) in [5.74, 6) is -0.142. The summed E-state index contributed by atoms with van der Waals surface area (Å²) >= 11 is 0. The molecule has 0 aromatic heterocycles. The average Bonchev–Trinajstić information content (AvgIpc) is 2.57. The summed E-state index contributed by atoms with van der Waals surface area (Å²) in [7, 11) is 0. The number of benzene rings is 1. The Labute approximate surface area is 131 Å². The van der Waals surface area contributed by atoms with E-state index in [1.807, 2.05) is 18.2 Å². The van der Waals surface area contributed by atoms with Crippen molar-refractivity contribution in [1.29, 1.82) is 0 Å². The Balaban J connectivity index is 1.74. The number of nitrogens with one attached hydrogen (secondary N) is 1. The molecule has 4 heteroatoms. The predicted octanol–water partition coefficient (Wildman–Crippen LogP) is 2.36. The van der Waals surface area contributed by atoms with E-state index in [4.69, 9.17) is 4.74 Å². The van der Waals surface area contributed by atoms with Gasteiger partial charge in [-0.05, 0) is 44.3 Å². The van der Waals surface area contributed by atoms with Crippen molar-refractivity contribution in [2.24, 2.45) is 5.92 Å². The third-order valence-electron chi connectivity index (χ3n) is 5.04. The van der Waals surface area contributed by atoms with Crippen LogP contribution in [0.3, 0.4) is 0 Å². The van der Waals surface area contributed by atoms with Crippen LogP contribution in [0.15, 0.2) is 30.3 Å². The minimum Gasteiger partial charge on any atom is -0.454 e. The first-order chi connectivity index (χ1) is 10.7. The standard InChI is InChI=1S/C18H25NO3/c20-16-8-6-14(7-9-16)17(21)22-18(10-12-19-13-11-18)15-4-2-1-3-5-15/h1-5,14,16,19-20H,6-13H2. The van der Waals surface area contributed by atoms with Crippen LogP contribution in [0.2, 0.25) is 0 Å². The van der Waals surface area contributed by atoms with Crippen LogP contribution in [-0.2, 0) is 15.1 Å². The molecular weight excluding hydrogens is 278 g/mol. The Bertz CT molecular complexity index is 488. The molecule has 2 aliphatic rings. The second-order valence-electron chi connectivity index (χ2n) is 6.54. The highest BCUT2D eigenvalue weighted by atomic mass is 16.6. The van der Waals surface area contributed by atoms with Gasteiger partial charge in [-0.25, -0.2) is 0 Å². The smallest absolute Gasteiger partial charge is 0.309 e. The largest absolute Gasteiger partial charge is 0.454 e. The quantitative estimate of drug-likeness (QED) is 0.842. The molecule has 0 amide bonds. The van der Waals surface area contributed by atoms with Gasteiger partial charge in [-0.3, -0.25) is 4.79 Å². The number of carbonyl (C=O) groups excluding carboxylic acids is 1. The molecule has 0 unspecified atom stereocenters. The molecule has 2 fully saturated rings. The summed E-state index contributed by atoms with van der Waals surface area (Å²) in [5.41, 5.74) is 0.611. The van der Waals surface area contributed by atoms with E-state index in [1.54, 1.807) is 0 Å². The lowest BCUT2D eigenvalue weighted by Gasteiger charge is -2.39. The zero-order valence-electron chi connectivity index (χ0n) is 13.0. The molecule has 0 radical (unpaired) electrons. The summed E-state index contributed by atoms with van der Waals surface area (Å²) < 4.78 is 6.08. The second kappa shape index (κ2) is 6.80. The molecule has 0 spiro atoms. The van der Waals surface area contributed by atoms with Crippen molar-refractivity contribution >= 4 is 5.97 Å². The van der Waals surface area contributed by atoms with E-state index in [-0.39, 0.29) is 18.0 Å². The average molecular weight is 303 g/mol. The number of aliphatic hydroxyl groups excluding tert-OH is 1. The molecule has 0 bridgehead atoms. The van der Waals surface area contributed by atoms with E-state index in [0.29, 0.717) is 12.8 Å². The Morgan fingerprint density at radius 2 is 1.73 bits per heavy atom. The Kier molecular flexibility index (Phi) is 4.79. The summed E-state index contributed by atoms with van der Waals surface area (Å²) in [5, 5.41) is 12.9. The third kappa shape index (κ3) is 3.33. The van der Waals surface area contributed by atoms with Crippen LogP contribution in [0.5, 0.6) is 0 Å². The molecular formula is C18H25NO3. The minimum atomic E-state index is -0.486. The van der Waals surface area contributed by atoms with Gasteiger partial charge in [-0.1, -0.05) is 30.3 Å². The molecule has 1 aromatic carbocycles. The van der Waals surface area contributed by atoms with Gasteiger partial charge in [0.15, 0.2) is 0 Å². The third-order valence-corrected chi connectivity index (χ3v) is 5.04. The lowest BCUT2D eigenvalue weighted by Crippen LogP contribution is -2.44. The van der Waals surface area contributed by atoms with Crippen LogP contribution in [0.4, 0.5) is 0 Å². The van der Waals surface area contributed by atoms with Crippen molar-refractivity contribution in [1.82, 2.24) is 5.32 Å². The highest BCUT2D eigenvalue weighted by Gasteiger charge is 2.39. The van der Waals surface area contributed by atoms with Gasteiger partial charge in [-0.15, -0.1) is 0 Å². The van der Waals surface area contributed by atoms with Gasteiger partial charge in [0.2, 0.25) is 0 Å². The van der Waals surface area contributed by atoms with Gasteiger partial charge in [0, 0.05) is 12.8 Å². The molecule has 120 valence electrons. The Morgan fingerprint density at radius 1 is 1.09 bits per heavy atom. The lowest BCUT2D eigenvalue weighted by atomic mass is 9.83. The number of hydrogen-bond acceptors (Lipinski definition) is 4. The number of aliphatic hydroxyl groups is 1. The van der Waals surface area contributed by atoms with Crippen molar-refractivity contribution in [3.05, 3.63) is 35.9 Å². The molecule has 1 aliphatic carbocycles. The number of rotatable bonds is 3. The fourth-order valence-corrected chi connectivity index (χ4v) is 3.61. The molecule has 2 N–H and O–H groups in total. The Morgan fingerprint density at radius 3 is 2.36 bits per heavy atom. The topological polar surface area (TPSA) is 58.6 Å². The summed E-state index contributed by atoms with van der Waals surface area (Å²) in [4.78, 5) is 12.6. The number of esters is 1.